The highest BCUT2D eigenvalue weighted by molar-refractivity contribution is 7.09. The summed E-state index contributed by atoms with van der Waals surface area (Å²) < 4.78 is 5.29. The van der Waals surface area contributed by atoms with E-state index in [1.54, 1.807) is 30.6 Å². The van der Waals surface area contributed by atoms with Gasteiger partial charge in [-0.05, 0) is 60.2 Å². The molecule has 3 heterocycles. The first kappa shape index (κ1) is 23.2. The topological polar surface area (TPSA) is 87.9 Å². The molecular weight excluding hydrogens is 464 g/mol. The van der Waals surface area contributed by atoms with Crippen LogP contribution in [-0.2, 0) is 17.6 Å². The van der Waals surface area contributed by atoms with Crippen LogP contribution in [-0.4, -0.2) is 50.2 Å². The van der Waals surface area contributed by atoms with Gasteiger partial charge in [-0.15, -0.1) is 11.3 Å². The summed E-state index contributed by atoms with van der Waals surface area (Å²) in [6.45, 7) is 2.81. The van der Waals surface area contributed by atoms with Crippen molar-refractivity contribution in [3.8, 4) is 5.75 Å². The largest absolute Gasteiger partial charge is 0.497 e. The van der Waals surface area contributed by atoms with Crippen LogP contribution >= 0.6 is 11.3 Å². The Bertz CT molecular complexity index is 1200. The highest BCUT2D eigenvalue weighted by Crippen LogP contribution is 2.38. The summed E-state index contributed by atoms with van der Waals surface area (Å²) in [6, 6.07) is 17.1. The number of carbonyl (C=O) groups excluding carboxylic acids is 1. The van der Waals surface area contributed by atoms with Crippen molar-refractivity contribution in [2.24, 2.45) is 5.92 Å². The molecule has 2 aliphatic rings. The second-order valence-corrected chi connectivity index (χ2v) is 9.94. The van der Waals surface area contributed by atoms with Crippen molar-refractivity contribution < 1.29 is 14.5 Å². The summed E-state index contributed by atoms with van der Waals surface area (Å²) in [5, 5.41) is 16.6. The van der Waals surface area contributed by atoms with Crippen LogP contribution in [0.4, 0.5) is 17.1 Å². The van der Waals surface area contributed by atoms with Gasteiger partial charge in [0.25, 0.3) is 5.69 Å². The van der Waals surface area contributed by atoms with E-state index < -0.39 is 0 Å². The number of nitrogens with one attached hydrogen (secondary N) is 1. The van der Waals surface area contributed by atoms with Crippen LogP contribution in [0.5, 0.6) is 5.75 Å². The molecule has 0 aliphatic carbocycles. The average molecular weight is 493 g/mol. The zero-order chi connectivity index (χ0) is 24.4. The van der Waals surface area contributed by atoms with Crippen molar-refractivity contribution in [1.29, 1.82) is 0 Å². The molecule has 1 saturated heterocycles. The number of non-ortho nitro benzene ring substituents is 1. The van der Waals surface area contributed by atoms with Gasteiger partial charge in [-0.25, -0.2) is 0 Å². The number of piperazine rings is 1. The number of thiophene rings is 1. The molecule has 182 valence electrons. The monoisotopic (exact) mass is 492 g/mol. The van der Waals surface area contributed by atoms with E-state index in [9.17, 15) is 14.9 Å². The number of amides is 1. The van der Waals surface area contributed by atoms with Gasteiger partial charge in [0.1, 0.15) is 5.75 Å². The van der Waals surface area contributed by atoms with Crippen molar-refractivity contribution in [2.45, 2.75) is 18.9 Å². The lowest BCUT2D eigenvalue weighted by Gasteiger charge is -2.49. The van der Waals surface area contributed by atoms with Gasteiger partial charge >= 0.3 is 0 Å². The fourth-order valence-electron chi connectivity index (χ4n) is 5.15. The number of anilines is 2. The summed E-state index contributed by atoms with van der Waals surface area (Å²) in [6.07, 6.45) is 1.28. The Kier molecular flexibility index (Phi) is 6.59. The zero-order valence-corrected chi connectivity index (χ0v) is 20.4. The van der Waals surface area contributed by atoms with Crippen LogP contribution in [0, 0.1) is 16.0 Å². The number of carbonyl (C=O) groups is 1. The van der Waals surface area contributed by atoms with E-state index in [0.29, 0.717) is 19.5 Å². The molecule has 1 fully saturated rings. The lowest BCUT2D eigenvalue weighted by Crippen LogP contribution is -2.61. The van der Waals surface area contributed by atoms with E-state index >= 15 is 0 Å². The summed E-state index contributed by atoms with van der Waals surface area (Å²) in [4.78, 5) is 30.3. The first-order valence-corrected chi connectivity index (χ1v) is 12.6. The van der Waals surface area contributed by atoms with E-state index in [1.165, 1.54) is 4.88 Å². The predicted octanol–water partition coefficient (Wildman–Crippen LogP) is 3.89. The molecule has 8 nitrogen and oxygen atoms in total. The van der Waals surface area contributed by atoms with Gasteiger partial charge < -0.3 is 19.9 Å². The molecule has 0 bridgehead atoms. The fourth-order valence-corrected chi connectivity index (χ4v) is 5.85. The van der Waals surface area contributed by atoms with Gasteiger partial charge in [0.2, 0.25) is 5.91 Å². The molecule has 1 N–H and O–H groups in total. The number of nitrogens with zero attached hydrogens (tertiary/aromatic N) is 3. The van der Waals surface area contributed by atoms with E-state index in [-0.39, 0.29) is 28.5 Å². The maximum absolute atomic E-state index is 13.4. The van der Waals surface area contributed by atoms with Gasteiger partial charge in [-0.3, -0.25) is 14.9 Å². The SMILES string of the molecule is COc1ccc(N2CCN3c4ccc([N+](=O)[O-])cc4C[C@H](C(=O)NCCc4cccs4)[C@@H]3C2)cc1. The Morgan fingerprint density at radius 2 is 2.03 bits per heavy atom. The summed E-state index contributed by atoms with van der Waals surface area (Å²) in [5.74, 6) is 0.516. The van der Waals surface area contributed by atoms with Gasteiger partial charge in [0, 0.05) is 54.6 Å². The first-order valence-electron chi connectivity index (χ1n) is 11.8. The molecule has 1 aromatic heterocycles. The molecule has 9 heteroatoms. The molecule has 2 atom stereocenters. The standard InChI is InChI=1S/C26H28N4O4S/c1-34-21-7-4-19(5-8-21)28-12-13-29-24-9-6-20(30(32)33)15-18(24)16-23(25(29)17-28)26(31)27-11-10-22-3-2-14-35-22/h2-9,14-15,23,25H,10-13,16-17H2,1H3,(H,27,31)/t23-,25-/m0/s1. The van der Waals surface area contributed by atoms with Gasteiger partial charge in [-0.2, -0.15) is 0 Å². The number of nitro benzene ring substituents is 1. The van der Waals surface area contributed by atoms with Gasteiger partial charge in [0.05, 0.1) is 24.0 Å². The maximum Gasteiger partial charge on any atom is 0.269 e. The van der Waals surface area contributed by atoms with Crippen LogP contribution in [0.2, 0.25) is 0 Å². The number of hydrogen-bond donors (Lipinski definition) is 1. The van der Waals surface area contributed by atoms with Crippen molar-refractivity contribution in [2.75, 3.05) is 43.1 Å². The van der Waals surface area contributed by atoms with Crippen LogP contribution < -0.4 is 19.9 Å². The summed E-state index contributed by atoms with van der Waals surface area (Å²) >= 11 is 1.68. The molecule has 2 aliphatic heterocycles. The quantitative estimate of drug-likeness (QED) is 0.398. The highest BCUT2D eigenvalue weighted by atomic mass is 32.1. The van der Waals surface area contributed by atoms with Crippen LogP contribution in [0.3, 0.4) is 0 Å². The molecule has 0 spiro atoms. The minimum Gasteiger partial charge on any atom is -0.497 e. The third-order valence-electron chi connectivity index (χ3n) is 6.93. The Balaban J connectivity index is 1.39. The average Bonchev–Trinajstić information content (AvgIpc) is 3.41. The van der Waals surface area contributed by atoms with Crippen LogP contribution in [0.1, 0.15) is 10.4 Å². The van der Waals surface area contributed by atoms with E-state index in [2.05, 4.69) is 21.2 Å². The third-order valence-corrected chi connectivity index (χ3v) is 7.87. The van der Waals surface area contributed by atoms with Crippen molar-refractivity contribution in [3.05, 3.63) is 80.5 Å². The number of nitro groups is 1. The molecule has 0 radical (unpaired) electrons. The lowest BCUT2D eigenvalue weighted by molar-refractivity contribution is -0.384. The molecule has 5 rings (SSSR count). The van der Waals surface area contributed by atoms with Crippen molar-refractivity contribution in [1.82, 2.24) is 5.32 Å². The fraction of sp³-hybridized carbons (Fsp3) is 0.346. The highest BCUT2D eigenvalue weighted by Gasteiger charge is 2.42. The number of hydrogen-bond acceptors (Lipinski definition) is 7. The number of benzene rings is 2. The molecule has 0 unspecified atom stereocenters. The van der Waals surface area contributed by atoms with E-state index in [0.717, 1.165) is 42.2 Å². The molecule has 3 aromatic rings. The molecule has 35 heavy (non-hydrogen) atoms. The lowest BCUT2D eigenvalue weighted by atomic mass is 9.83. The minimum absolute atomic E-state index is 0.00490. The Morgan fingerprint density at radius 1 is 1.20 bits per heavy atom. The summed E-state index contributed by atoms with van der Waals surface area (Å²) in [7, 11) is 1.65. The second-order valence-electron chi connectivity index (χ2n) is 8.91. The van der Waals surface area contributed by atoms with E-state index in [1.807, 2.05) is 41.8 Å². The van der Waals surface area contributed by atoms with Crippen LogP contribution in [0.25, 0.3) is 0 Å². The number of methoxy groups -OCH3 is 1. The molecule has 2 aromatic carbocycles. The van der Waals surface area contributed by atoms with E-state index in [4.69, 9.17) is 4.74 Å². The Morgan fingerprint density at radius 3 is 2.74 bits per heavy atom. The Labute approximate surface area is 208 Å². The third kappa shape index (κ3) is 4.81. The zero-order valence-electron chi connectivity index (χ0n) is 19.6. The smallest absolute Gasteiger partial charge is 0.269 e. The van der Waals surface area contributed by atoms with Crippen molar-refractivity contribution >= 4 is 34.3 Å². The van der Waals surface area contributed by atoms with Crippen molar-refractivity contribution in [3.63, 3.8) is 0 Å². The Hall–Kier alpha value is -3.59. The maximum atomic E-state index is 13.4. The number of ether oxygens (including phenoxy) is 1. The first-order chi connectivity index (χ1) is 17.0. The molecular formula is C26H28N4O4S. The second kappa shape index (κ2) is 9.95. The molecule has 1 amide bonds. The van der Waals surface area contributed by atoms with Gasteiger partial charge in [-0.1, -0.05) is 6.07 Å². The predicted molar refractivity (Wildman–Crippen MR) is 138 cm³/mol. The molecule has 0 saturated carbocycles. The van der Waals surface area contributed by atoms with Gasteiger partial charge in [0.15, 0.2) is 0 Å². The van der Waals surface area contributed by atoms with Crippen LogP contribution in [0.15, 0.2) is 60.0 Å². The number of fused-ring (bicyclic) bond motifs is 3. The summed E-state index contributed by atoms with van der Waals surface area (Å²) in [5.41, 5.74) is 3.03. The minimum atomic E-state index is -0.371. The normalized spacial score (nSPS) is 19.0. The number of rotatable bonds is 7.